The van der Waals surface area contributed by atoms with E-state index in [1.807, 2.05) is 40.7 Å². The molecule has 25 heavy (non-hydrogen) atoms. The molecule has 2 N–H and O–H groups in total. The third-order valence-electron chi connectivity index (χ3n) is 4.94. The van der Waals surface area contributed by atoms with Crippen molar-refractivity contribution in [1.29, 1.82) is 0 Å². The molecule has 0 aliphatic carbocycles. The van der Waals surface area contributed by atoms with E-state index in [0.717, 1.165) is 37.6 Å². The van der Waals surface area contributed by atoms with Gasteiger partial charge in [-0.25, -0.2) is 5.12 Å². The molecular formula is C19H21N5O. The lowest BCUT2D eigenvalue weighted by Gasteiger charge is -2.36. The van der Waals surface area contributed by atoms with Gasteiger partial charge in [0, 0.05) is 18.4 Å². The van der Waals surface area contributed by atoms with Gasteiger partial charge < -0.3 is 9.64 Å². The Bertz CT molecular complexity index is 790. The second-order valence-corrected chi connectivity index (χ2v) is 6.56. The quantitative estimate of drug-likeness (QED) is 0.895. The Morgan fingerprint density at radius 2 is 1.92 bits per heavy atom. The van der Waals surface area contributed by atoms with Gasteiger partial charge in [0.25, 0.3) is 0 Å². The summed E-state index contributed by atoms with van der Waals surface area (Å²) < 4.78 is 5.36. The van der Waals surface area contributed by atoms with Crippen molar-refractivity contribution in [2.24, 2.45) is 0 Å². The van der Waals surface area contributed by atoms with E-state index in [-0.39, 0.29) is 0 Å². The molecule has 3 heterocycles. The maximum Gasteiger partial charge on any atom is 0.0757 e. The molecule has 3 aliphatic heterocycles. The molecule has 0 spiro atoms. The van der Waals surface area contributed by atoms with Gasteiger partial charge in [-0.15, -0.1) is 5.53 Å². The number of hydrogen-bond acceptors (Lipinski definition) is 6. The van der Waals surface area contributed by atoms with Gasteiger partial charge in [0.1, 0.15) is 0 Å². The predicted octanol–water partition coefficient (Wildman–Crippen LogP) is 2.49. The molecule has 0 radical (unpaired) electrons. The third-order valence-corrected chi connectivity index (χ3v) is 4.94. The normalized spacial score (nSPS) is 19.3. The van der Waals surface area contributed by atoms with Gasteiger partial charge in [0.05, 0.1) is 36.8 Å². The van der Waals surface area contributed by atoms with Gasteiger partial charge in [-0.1, -0.05) is 24.3 Å². The van der Waals surface area contributed by atoms with Crippen LogP contribution in [-0.4, -0.2) is 30.9 Å². The SMILES string of the molecule is C1=CN(c2ccccc2)NN1Nc1ccc2c(c1)N(C1COC1)CC2. The minimum absolute atomic E-state index is 0.537. The summed E-state index contributed by atoms with van der Waals surface area (Å²) in [6.07, 6.45) is 5.08. The van der Waals surface area contributed by atoms with Crippen LogP contribution in [0.1, 0.15) is 5.56 Å². The highest BCUT2D eigenvalue weighted by Gasteiger charge is 2.31. The van der Waals surface area contributed by atoms with Crippen LogP contribution in [-0.2, 0) is 11.2 Å². The zero-order valence-corrected chi connectivity index (χ0v) is 13.9. The fourth-order valence-electron chi connectivity index (χ4n) is 3.51. The smallest absolute Gasteiger partial charge is 0.0757 e. The van der Waals surface area contributed by atoms with Gasteiger partial charge in [0.2, 0.25) is 0 Å². The predicted molar refractivity (Wildman–Crippen MR) is 98.8 cm³/mol. The summed E-state index contributed by atoms with van der Waals surface area (Å²) in [4.78, 5) is 2.48. The van der Waals surface area contributed by atoms with Gasteiger partial charge in [-0.3, -0.25) is 10.4 Å². The Balaban J connectivity index is 1.29. The zero-order valence-electron chi connectivity index (χ0n) is 13.9. The van der Waals surface area contributed by atoms with E-state index >= 15 is 0 Å². The fraction of sp³-hybridized carbons (Fsp3) is 0.263. The van der Waals surface area contributed by atoms with E-state index in [9.17, 15) is 0 Å². The van der Waals surface area contributed by atoms with Gasteiger partial charge >= 0.3 is 0 Å². The van der Waals surface area contributed by atoms with Crippen LogP contribution in [0.2, 0.25) is 0 Å². The number of nitrogens with zero attached hydrogens (tertiary/aromatic N) is 3. The summed E-state index contributed by atoms with van der Waals surface area (Å²) in [5, 5.41) is 3.83. The molecule has 0 unspecified atom stereocenters. The Morgan fingerprint density at radius 3 is 2.72 bits per heavy atom. The summed E-state index contributed by atoms with van der Waals surface area (Å²) in [6, 6.07) is 17.3. The van der Waals surface area contributed by atoms with Crippen molar-refractivity contribution in [3.05, 3.63) is 66.5 Å². The van der Waals surface area contributed by atoms with Crippen LogP contribution >= 0.6 is 0 Å². The average molecular weight is 335 g/mol. The van der Waals surface area contributed by atoms with Crippen LogP contribution < -0.4 is 20.9 Å². The molecule has 5 rings (SSSR count). The minimum Gasteiger partial charge on any atom is -0.377 e. The first-order valence-corrected chi connectivity index (χ1v) is 8.69. The van der Waals surface area contributed by atoms with Crippen molar-refractivity contribution in [2.45, 2.75) is 12.5 Å². The summed E-state index contributed by atoms with van der Waals surface area (Å²) in [5.41, 5.74) is 11.6. The molecule has 0 amide bonds. The molecule has 0 bridgehead atoms. The Kier molecular flexibility index (Phi) is 3.50. The summed E-state index contributed by atoms with van der Waals surface area (Å²) >= 11 is 0. The molecule has 1 fully saturated rings. The van der Waals surface area contributed by atoms with Gasteiger partial charge in [0.15, 0.2) is 0 Å². The monoisotopic (exact) mass is 335 g/mol. The second kappa shape index (κ2) is 5.98. The van der Waals surface area contributed by atoms with Crippen LogP contribution in [0, 0.1) is 0 Å². The van der Waals surface area contributed by atoms with Crippen molar-refractivity contribution in [3.63, 3.8) is 0 Å². The molecule has 1 saturated heterocycles. The maximum atomic E-state index is 5.36. The molecule has 0 atom stereocenters. The molecular weight excluding hydrogens is 314 g/mol. The highest BCUT2D eigenvalue weighted by molar-refractivity contribution is 5.66. The van der Waals surface area contributed by atoms with Crippen LogP contribution in [0.25, 0.3) is 0 Å². The van der Waals surface area contributed by atoms with E-state index in [4.69, 9.17) is 4.74 Å². The van der Waals surface area contributed by atoms with Crippen LogP contribution in [0.3, 0.4) is 0 Å². The topological polar surface area (TPSA) is 43.0 Å². The number of ether oxygens (including phenoxy) is 1. The van der Waals surface area contributed by atoms with Crippen molar-refractivity contribution in [2.75, 3.05) is 35.1 Å². The van der Waals surface area contributed by atoms with Crippen LogP contribution in [0.5, 0.6) is 0 Å². The Morgan fingerprint density at radius 1 is 1.04 bits per heavy atom. The lowest BCUT2D eigenvalue weighted by Crippen LogP contribution is -2.48. The van der Waals surface area contributed by atoms with E-state index in [2.05, 4.69) is 46.2 Å². The molecule has 128 valence electrons. The number of fused-ring (bicyclic) bond motifs is 1. The molecule has 2 aromatic rings. The number of hydrazine groups is 3. The largest absolute Gasteiger partial charge is 0.377 e. The number of nitrogens with one attached hydrogen (secondary N) is 2. The number of hydrogen-bond donors (Lipinski definition) is 2. The highest BCUT2D eigenvalue weighted by atomic mass is 16.5. The standard InChI is InChI=1S/C19H21N5O/c1-2-4-17(5-3-1)23-10-11-24(21-23)20-16-7-6-15-8-9-22(19(15)12-16)18-13-25-14-18/h1-7,10-12,18,20-21H,8-9,13-14H2. The minimum atomic E-state index is 0.537. The van der Waals surface area contributed by atoms with Crippen molar-refractivity contribution < 1.29 is 4.74 Å². The third kappa shape index (κ3) is 2.69. The number of anilines is 3. The number of rotatable bonds is 4. The van der Waals surface area contributed by atoms with Crippen LogP contribution in [0.4, 0.5) is 17.1 Å². The molecule has 3 aliphatic rings. The van der Waals surface area contributed by atoms with E-state index in [1.165, 1.54) is 11.3 Å². The fourth-order valence-corrected chi connectivity index (χ4v) is 3.51. The summed E-state index contributed by atoms with van der Waals surface area (Å²) in [6.45, 7) is 2.79. The first-order chi connectivity index (χ1) is 12.4. The highest BCUT2D eigenvalue weighted by Crippen LogP contribution is 2.34. The zero-order chi connectivity index (χ0) is 16.6. The molecule has 6 heteroatoms. The van der Waals surface area contributed by atoms with Crippen molar-refractivity contribution in [3.8, 4) is 0 Å². The van der Waals surface area contributed by atoms with Crippen molar-refractivity contribution in [1.82, 2.24) is 10.7 Å². The Labute approximate surface area is 147 Å². The lowest BCUT2D eigenvalue weighted by atomic mass is 10.1. The summed E-state index contributed by atoms with van der Waals surface area (Å²) in [5.74, 6) is 0. The van der Waals surface area contributed by atoms with E-state index in [1.54, 1.807) is 0 Å². The second-order valence-electron chi connectivity index (χ2n) is 6.56. The lowest BCUT2D eigenvalue weighted by molar-refractivity contribution is 0.00887. The maximum absolute atomic E-state index is 5.36. The molecule has 2 aromatic carbocycles. The molecule has 6 nitrogen and oxygen atoms in total. The Hall–Kier alpha value is -2.70. The molecule has 0 saturated carbocycles. The van der Waals surface area contributed by atoms with Crippen molar-refractivity contribution >= 4 is 17.1 Å². The molecule has 0 aromatic heterocycles. The average Bonchev–Trinajstić information content (AvgIpc) is 3.22. The van der Waals surface area contributed by atoms with Crippen LogP contribution in [0.15, 0.2) is 60.9 Å². The summed E-state index contributed by atoms with van der Waals surface area (Å²) in [7, 11) is 0. The van der Waals surface area contributed by atoms with E-state index in [0.29, 0.717) is 6.04 Å². The first-order valence-electron chi connectivity index (χ1n) is 8.69. The van der Waals surface area contributed by atoms with Gasteiger partial charge in [-0.2, -0.15) is 0 Å². The van der Waals surface area contributed by atoms with Gasteiger partial charge in [-0.05, 0) is 36.2 Å². The van der Waals surface area contributed by atoms with E-state index < -0.39 is 0 Å². The number of para-hydroxylation sites is 1. The number of benzene rings is 2. The first kappa shape index (κ1) is 14.6.